The zero-order valence-electron chi connectivity index (χ0n) is 17.2. The molecule has 0 saturated heterocycles. The van der Waals surface area contributed by atoms with Crippen LogP contribution < -0.4 is 20.1 Å². The van der Waals surface area contributed by atoms with E-state index in [9.17, 15) is 13.2 Å². The topological polar surface area (TPSA) is 128 Å². The highest BCUT2D eigenvalue weighted by Crippen LogP contribution is 2.45. The van der Waals surface area contributed by atoms with E-state index < -0.39 is 15.6 Å². The summed E-state index contributed by atoms with van der Waals surface area (Å²) in [6.45, 7) is 3.38. The third kappa shape index (κ3) is 3.72. The van der Waals surface area contributed by atoms with Crippen molar-refractivity contribution in [1.82, 2.24) is 9.97 Å². The normalized spacial score (nSPS) is 15.5. The Morgan fingerprint density at radius 2 is 1.94 bits per heavy atom. The number of rotatable bonds is 3. The van der Waals surface area contributed by atoms with Gasteiger partial charge in [-0.3, -0.25) is 9.52 Å². The van der Waals surface area contributed by atoms with Crippen LogP contribution in [0.5, 0.6) is 5.75 Å². The van der Waals surface area contributed by atoms with Crippen molar-refractivity contribution in [1.29, 1.82) is 0 Å². The maximum absolute atomic E-state index is 12.6. The number of nitrogens with two attached hydrogens (primary N) is 1. The molecule has 0 unspecified atom stereocenters. The lowest BCUT2D eigenvalue weighted by atomic mass is 10.0. The number of sulfonamides is 1. The Hall–Kier alpha value is -3.11. The molecule has 0 spiro atoms. The van der Waals surface area contributed by atoms with Gasteiger partial charge in [-0.25, -0.2) is 18.4 Å². The number of benzene rings is 1. The monoisotopic (exact) mass is 461 g/mol. The van der Waals surface area contributed by atoms with Crippen LogP contribution in [0.1, 0.15) is 13.8 Å². The Kier molecular flexibility index (Phi) is 4.74. The van der Waals surface area contributed by atoms with Gasteiger partial charge >= 0.3 is 0 Å². The van der Waals surface area contributed by atoms with Crippen molar-refractivity contribution in [3.63, 3.8) is 0 Å². The molecule has 1 aromatic carbocycles. The number of hydrogen-bond acceptors (Lipinski definition) is 7. The fourth-order valence-electron chi connectivity index (χ4n) is 3.53. The van der Waals surface area contributed by atoms with Crippen LogP contribution in [0, 0.1) is 0 Å². The number of halogens is 1. The molecule has 1 aliphatic rings. The Morgan fingerprint density at radius 3 is 2.61 bits per heavy atom. The average Bonchev–Trinajstić information content (AvgIpc) is 2.66. The van der Waals surface area contributed by atoms with Gasteiger partial charge in [0.15, 0.2) is 22.3 Å². The summed E-state index contributed by atoms with van der Waals surface area (Å²) in [6, 6.07) is 7.00. The zero-order chi connectivity index (χ0) is 22.7. The maximum atomic E-state index is 12.6. The van der Waals surface area contributed by atoms with Crippen LogP contribution in [-0.4, -0.2) is 43.2 Å². The predicted molar refractivity (Wildman–Crippen MR) is 121 cm³/mol. The maximum Gasteiger partial charge on any atom is 0.270 e. The second kappa shape index (κ2) is 6.96. The average molecular weight is 462 g/mol. The minimum Gasteiger partial charge on any atom is -0.475 e. The lowest BCUT2D eigenvalue weighted by molar-refractivity contribution is -0.132. The number of carbonyl (C=O) groups excluding carboxylic acids is 1. The molecule has 3 N–H and O–H groups in total. The molecule has 162 valence electrons. The minimum atomic E-state index is -3.53. The Morgan fingerprint density at radius 1 is 1.23 bits per heavy atom. The molecule has 0 radical (unpaired) electrons. The molecule has 3 heterocycles. The lowest BCUT2D eigenvalue weighted by Gasteiger charge is -2.37. The molecule has 4 rings (SSSR count). The van der Waals surface area contributed by atoms with Gasteiger partial charge in [0.1, 0.15) is 5.69 Å². The second-order valence-corrected chi connectivity index (χ2v) is 9.93. The van der Waals surface area contributed by atoms with Crippen LogP contribution in [-0.2, 0) is 14.8 Å². The Bertz CT molecular complexity index is 1360. The van der Waals surface area contributed by atoms with Crippen LogP contribution in [0.25, 0.3) is 22.0 Å². The summed E-state index contributed by atoms with van der Waals surface area (Å²) in [5.74, 6) is 0.407. The molecule has 0 fully saturated rings. The van der Waals surface area contributed by atoms with Crippen molar-refractivity contribution in [2.75, 3.05) is 28.7 Å². The largest absolute Gasteiger partial charge is 0.475 e. The summed E-state index contributed by atoms with van der Waals surface area (Å²) < 4.78 is 31.7. The number of nitrogen functional groups attached to an aromatic ring is 1. The smallest absolute Gasteiger partial charge is 0.270 e. The fraction of sp³-hybridized carbons (Fsp3) is 0.250. The van der Waals surface area contributed by atoms with Crippen LogP contribution in [0.15, 0.2) is 30.5 Å². The summed E-state index contributed by atoms with van der Waals surface area (Å²) in [5.41, 5.74) is 7.56. The van der Waals surface area contributed by atoms with E-state index >= 15 is 0 Å². The highest BCUT2D eigenvalue weighted by Gasteiger charge is 2.41. The highest BCUT2D eigenvalue weighted by atomic mass is 35.5. The number of anilines is 3. The molecule has 0 aliphatic carbocycles. The van der Waals surface area contributed by atoms with E-state index in [2.05, 4.69) is 14.7 Å². The number of aromatic nitrogens is 2. The molecule has 31 heavy (non-hydrogen) atoms. The van der Waals surface area contributed by atoms with Crippen LogP contribution in [0.2, 0.25) is 5.15 Å². The van der Waals surface area contributed by atoms with Gasteiger partial charge in [-0.15, -0.1) is 0 Å². The van der Waals surface area contributed by atoms with Gasteiger partial charge in [0.05, 0.1) is 17.5 Å². The van der Waals surface area contributed by atoms with Crippen molar-refractivity contribution in [2.45, 2.75) is 19.4 Å². The molecular formula is C20H20ClN5O4S. The van der Waals surface area contributed by atoms with Gasteiger partial charge in [-0.05, 0) is 37.6 Å². The molecule has 0 atom stereocenters. The minimum absolute atomic E-state index is 0.0343. The summed E-state index contributed by atoms with van der Waals surface area (Å²) in [6.07, 6.45) is 2.57. The van der Waals surface area contributed by atoms with Crippen molar-refractivity contribution < 1.29 is 17.9 Å². The van der Waals surface area contributed by atoms with Crippen molar-refractivity contribution in [3.05, 3.63) is 35.6 Å². The number of nitrogens with zero attached hydrogens (tertiary/aromatic N) is 3. The fourth-order valence-corrected chi connectivity index (χ4v) is 4.29. The molecule has 1 amide bonds. The molecule has 0 saturated carbocycles. The molecule has 11 heteroatoms. The Balaban J connectivity index is 1.91. The predicted octanol–water partition coefficient (Wildman–Crippen LogP) is 3.04. The van der Waals surface area contributed by atoms with Crippen molar-refractivity contribution in [3.8, 4) is 16.9 Å². The zero-order valence-corrected chi connectivity index (χ0v) is 18.8. The molecule has 9 nitrogen and oxygen atoms in total. The highest BCUT2D eigenvalue weighted by molar-refractivity contribution is 7.92. The standard InChI is InChI=1S/C20H20ClN5O4S/c1-20(2)19(27)26(3)15-16(30-20)12-7-10(5-6-13(12)24-18(15)22)11-8-14(17(21)23-9-11)25-31(4,28)29/h5-9,25H,1-4H3,(H2,22,24). The molecule has 0 bridgehead atoms. The summed E-state index contributed by atoms with van der Waals surface area (Å²) in [4.78, 5) is 22.6. The number of carbonyl (C=O) groups is 1. The van der Waals surface area contributed by atoms with E-state index in [0.29, 0.717) is 27.9 Å². The molecule has 2 aromatic heterocycles. The molecule has 3 aromatic rings. The van der Waals surface area contributed by atoms with E-state index in [4.69, 9.17) is 22.1 Å². The number of ether oxygens (including phenoxy) is 1. The van der Waals surface area contributed by atoms with E-state index in [0.717, 1.165) is 11.8 Å². The van der Waals surface area contributed by atoms with Gasteiger partial charge in [-0.2, -0.15) is 0 Å². The van der Waals surface area contributed by atoms with Crippen LogP contribution in [0.3, 0.4) is 0 Å². The summed E-state index contributed by atoms with van der Waals surface area (Å²) >= 11 is 6.04. The summed E-state index contributed by atoms with van der Waals surface area (Å²) in [7, 11) is -1.90. The SMILES string of the molecule is CN1C(=O)C(C)(C)Oc2c1c(N)nc1ccc(-c3cnc(Cl)c(NS(C)(=O)=O)c3)cc21. The number of likely N-dealkylation sites (N-methyl/N-ethyl adjacent to an activating group) is 1. The third-order valence-electron chi connectivity index (χ3n) is 4.92. The first-order valence-corrected chi connectivity index (χ1v) is 11.5. The number of nitrogens with one attached hydrogen (secondary N) is 1. The van der Waals surface area contributed by atoms with Crippen molar-refractivity contribution >= 4 is 55.6 Å². The first kappa shape index (κ1) is 21.1. The van der Waals surface area contributed by atoms with Gasteiger partial charge < -0.3 is 15.4 Å². The number of fused-ring (bicyclic) bond motifs is 3. The second-order valence-electron chi connectivity index (χ2n) is 7.82. The summed E-state index contributed by atoms with van der Waals surface area (Å²) in [5, 5.41) is 0.689. The van der Waals surface area contributed by atoms with Gasteiger partial charge in [-0.1, -0.05) is 17.7 Å². The van der Waals surface area contributed by atoms with Gasteiger partial charge in [0.2, 0.25) is 10.0 Å². The first-order valence-electron chi connectivity index (χ1n) is 9.21. The number of amides is 1. The molecule has 1 aliphatic heterocycles. The quantitative estimate of drug-likeness (QED) is 0.573. The van der Waals surface area contributed by atoms with E-state index in [1.807, 2.05) is 6.07 Å². The molecular weight excluding hydrogens is 442 g/mol. The van der Waals surface area contributed by atoms with Crippen LogP contribution >= 0.6 is 11.6 Å². The van der Waals surface area contributed by atoms with E-state index in [-0.39, 0.29) is 22.6 Å². The van der Waals surface area contributed by atoms with Crippen LogP contribution in [0.4, 0.5) is 17.2 Å². The van der Waals surface area contributed by atoms with Gasteiger partial charge in [0, 0.05) is 24.2 Å². The number of pyridine rings is 2. The Labute approximate surface area is 184 Å². The van der Waals surface area contributed by atoms with Crippen molar-refractivity contribution in [2.24, 2.45) is 0 Å². The lowest BCUT2D eigenvalue weighted by Crippen LogP contribution is -2.51. The van der Waals surface area contributed by atoms with E-state index in [1.54, 1.807) is 39.1 Å². The van der Waals surface area contributed by atoms with E-state index in [1.165, 1.54) is 11.1 Å². The number of hydrogen-bond donors (Lipinski definition) is 2. The third-order valence-corrected chi connectivity index (χ3v) is 5.81. The first-order chi connectivity index (χ1) is 14.4. The van der Waals surface area contributed by atoms with Gasteiger partial charge in [0.25, 0.3) is 5.91 Å².